The number of carboxylic acids is 1. The number of carbonyl (C=O) groups is 1. The Balaban J connectivity index is 1.48. The molecule has 9 nitrogen and oxygen atoms in total. The zero-order chi connectivity index (χ0) is 25.8. The third-order valence-electron chi connectivity index (χ3n) is 6.72. The Morgan fingerprint density at radius 3 is 2.54 bits per heavy atom. The molecule has 3 heterocycles. The number of aromatic nitrogens is 2. The van der Waals surface area contributed by atoms with E-state index in [0.29, 0.717) is 41.7 Å². The molecule has 0 atom stereocenters. The van der Waals surface area contributed by atoms with Gasteiger partial charge < -0.3 is 14.4 Å². The molecule has 0 amide bonds. The lowest BCUT2D eigenvalue weighted by Gasteiger charge is -2.29. The summed E-state index contributed by atoms with van der Waals surface area (Å²) in [6, 6.07) is 21.0. The number of pyridine rings is 1. The molecule has 2 aliphatic rings. The topological polar surface area (TPSA) is 110 Å². The summed E-state index contributed by atoms with van der Waals surface area (Å²) in [4.78, 5) is 22.7. The summed E-state index contributed by atoms with van der Waals surface area (Å²) in [6.45, 7) is 5.40. The Hall–Kier alpha value is -4.37. The average Bonchev–Trinajstić information content (AvgIpc) is 3.63. The average molecular weight is 499 g/mol. The first-order chi connectivity index (χ1) is 17.8. The summed E-state index contributed by atoms with van der Waals surface area (Å²) >= 11 is 0. The second-order valence-electron chi connectivity index (χ2n) is 9.82. The molecule has 188 valence electrons. The summed E-state index contributed by atoms with van der Waals surface area (Å²) in [7, 11) is 0. The molecule has 1 saturated carbocycles. The molecule has 2 N–H and O–H groups in total. The van der Waals surface area contributed by atoms with Gasteiger partial charge in [0.25, 0.3) is 0 Å². The van der Waals surface area contributed by atoms with Crippen LogP contribution in [0.2, 0.25) is 0 Å². The highest BCUT2D eigenvalue weighted by Crippen LogP contribution is 2.50. The highest BCUT2D eigenvalue weighted by atomic mass is 16.8. The third-order valence-corrected chi connectivity index (χ3v) is 6.72. The van der Waals surface area contributed by atoms with Crippen LogP contribution < -0.4 is 15.3 Å². The number of rotatable bonds is 6. The van der Waals surface area contributed by atoms with Gasteiger partial charge in [-0.25, -0.2) is 4.84 Å². The van der Waals surface area contributed by atoms with Crippen molar-refractivity contribution in [2.24, 2.45) is 0 Å². The van der Waals surface area contributed by atoms with Gasteiger partial charge in [0.05, 0.1) is 5.41 Å². The van der Waals surface area contributed by atoms with E-state index in [2.05, 4.69) is 15.6 Å². The van der Waals surface area contributed by atoms with Crippen molar-refractivity contribution in [2.45, 2.75) is 44.8 Å². The molecule has 4 aromatic rings. The van der Waals surface area contributed by atoms with Crippen LogP contribution in [0.5, 0.6) is 5.88 Å². The number of nitrogens with one attached hydrogen (secondary N) is 1. The lowest BCUT2D eigenvalue weighted by atomic mass is 9.89. The van der Waals surface area contributed by atoms with Crippen LogP contribution in [0.1, 0.15) is 37.9 Å². The van der Waals surface area contributed by atoms with Gasteiger partial charge in [0, 0.05) is 25.5 Å². The van der Waals surface area contributed by atoms with Crippen molar-refractivity contribution in [3.8, 4) is 28.3 Å². The monoisotopic (exact) mass is 498 g/mol. The molecule has 0 spiro atoms. The number of aliphatic carboxylic acids is 1. The minimum Gasteiger partial charge on any atom is -0.481 e. The van der Waals surface area contributed by atoms with Gasteiger partial charge in [-0.3, -0.25) is 10.2 Å². The van der Waals surface area contributed by atoms with Crippen LogP contribution in [0.25, 0.3) is 22.5 Å². The molecule has 1 fully saturated rings. The van der Waals surface area contributed by atoms with Gasteiger partial charge in [-0.1, -0.05) is 53.7 Å². The number of ether oxygens (including phenoxy) is 1. The summed E-state index contributed by atoms with van der Waals surface area (Å²) in [5.41, 5.74) is 6.90. The molecule has 2 aromatic heterocycles. The van der Waals surface area contributed by atoms with E-state index >= 15 is 0 Å². The van der Waals surface area contributed by atoms with Crippen molar-refractivity contribution in [3.05, 3.63) is 78.0 Å². The van der Waals surface area contributed by atoms with E-state index < -0.39 is 17.2 Å². The quantitative estimate of drug-likeness (QED) is 0.345. The lowest BCUT2D eigenvalue weighted by Crippen LogP contribution is -2.42. The maximum Gasteiger partial charge on any atom is 0.314 e. The second-order valence-corrected chi connectivity index (χ2v) is 9.82. The van der Waals surface area contributed by atoms with Crippen molar-refractivity contribution < 1.29 is 24.0 Å². The molecule has 0 unspecified atom stereocenters. The minimum atomic E-state index is -1.00. The first kappa shape index (κ1) is 23.1. The molecule has 37 heavy (non-hydrogen) atoms. The molecule has 0 saturated heterocycles. The highest BCUT2D eigenvalue weighted by molar-refractivity contribution is 5.90. The Kier molecular flexibility index (Phi) is 5.20. The Morgan fingerprint density at radius 2 is 1.81 bits per heavy atom. The van der Waals surface area contributed by atoms with Crippen LogP contribution in [0, 0.1) is 6.92 Å². The largest absolute Gasteiger partial charge is 0.481 e. The molecule has 0 radical (unpaired) electrons. The maximum absolute atomic E-state index is 12.1. The minimum absolute atomic E-state index is 0.441. The number of fused-ring (bicyclic) bond motifs is 2. The molecular weight excluding hydrogens is 472 g/mol. The van der Waals surface area contributed by atoms with Crippen LogP contribution >= 0.6 is 0 Å². The SMILES string of the molecule is Cc1noc(-c2cc(C3(C(=O)O)CC3)ccc2-c2ccccc2)c1NN1OC(C)(C)Oc2cccc1n2. The molecule has 6 rings (SSSR count). The number of aryl methyl sites for hydroxylation is 1. The molecule has 2 aromatic carbocycles. The maximum atomic E-state index is 12.1. The highest BCUT2D eigenvalue weighted by Gasteiger charge is 2.52. The normalized spacial score (nSPS) is 17.0. The van der Waals surface area contributed by atoms with Crippen LogP contribution in [-0.2, 0) is 15.0 Å². The molecule has 1 aliphatic carbocycles. The van der Waals surface area contributed by atoms with Gasteiger partial charge in [0.15, 0.2) is 11.6 Å². The lowest BCUT2D eigenvalue weighted by molar-refractivity contribution is -0.159. The van der Waals surface area contributed by atoms with Gasteiger partial charge in [0.2, 0.25) is 11.7 Å². The zero-order valence-corrected chi connectivity index (χ0v) is 20.7. The molecule has 1 aliphatic heterocycles. The Labute approximate surface area is 213 Å². The summed E-state index contributed by atoms with van der Waals surface area (Å²) in [5.74, 6) is -0.423. The van der Waals surface area contributed by atoms with Crippen LogP contribution in [0.4, 0.5) is 11.5 Å². The number of nitrogens with zero attached hydrogens (tertiary/aromatic N) is 3. The van der Waals surface area contributed by atoms with Crippen molar-refractivity contribution in [3.63, 3.8) is 0 Å². The van der Waals surface area contributed by atoms with Crippen molar-refractivity contribution in [2.75, 3.05) is 10.6 Å². The van der Waals surface area contributed by atoms with Crippen molar-refractivity contribution in [1.82, 2.24) is 10.1 Å². The summed E-state index contributed by atoms with van der Waals surface area (Å²) in [6.07, 6.45) is 1.21. The third kappa shape index (κ3) is 4.07. The number of hydrazine groups is 1. The van der Waals surface area contributed by atoms with Crippen molar-refractivity contribution >= 4 is 17.5 Å². The Morgan fingerprint density at radius 1 is 1.03 bits per heavy atom. The summed E-state index contributed by atoms with van der Waals surface area (Å²) in [5, 5.41) is 15.6. The van der Waals surface area contributed by atoms with Gasteiger partial charge in [0.1, 0.15) is 11.4 Å². The number of hydrogen-bond acceptors (Lipinski definition) is 8. The van der Waals surface area contributed by atoms with E-state index in [-0.39, 0.29) is 0 Å². The Bertz CT molecular complexity index is 1490. The van der Waals surface area contributed by atoms with Gasteiger partial charge in [-0.15, -0.1) is 5.17 Å². The fraction of sp³-hybridized carbons (Fsp3) is 0.250. The van der Waals surface area contributed by atoms with E-state index in [1.807, 2.05) is 61.5 Å². The molecule has 2 bridgehead atoms. The van der Waals surface area contributed by atoms with Gasteiger partial charge in [-0.05, 0) is 48.6 Å². The predicted octanol–water partition coefficient (Wildman–Crippen LogP) is 5.72. The number of carboxylic acid groups (broad SMARTS) is 1. The molecule has 9 heteroatoms. The first-order valence-corrected chi connectivity index (χ1v) is 12.1. The van der Waals surface area contributed by atoms with Crippen molar-refractivity contribution in [1.29, 1.82) is 0 Å². The van der Waals surface area contributed by atoms with E-state index in [1.165, 1.54) is 5.17 Å². The summed E-state index contributed by atoms with van der Waals surface area (Å²) < 4.78 is 11.7. The standard InChI is InChI=1S/C28H26N4O5/c1-17-24(30-32-22-10-7-11-23(29-22)35-27(2,3)37-32)25(36-31-17)21-16-19(28(14-15-28)26(33)34)12-13-20(21)18-8-5-4-6-9-18/h4-13,16,30H,14-15H2,1-3H3,(H,33,34). The fourth-order valence-electron chi connectivity index (χ4n) is 4.63. The van der Waals surface area contributed by atoms with E-state index in [9.17, 15) is 9.90 Å². The van der Waals surface area contributed by atoms with Crippen LogP contribution in [0.3, 0.4) is 0 Å². The van der Waals surface area contributed by atoms with Gasteiger partial charge >= 0.3 is 5.97 Å². The van der Waals surface area contributed by atoms with E-state index in [0.717, 1.165) is 22.3 Å². The first-order valence-electron chi connectivity index (χ1n) is 12.1. The van der Waals surface area contributed by atoms with E-state index in [4.69, 9.17) is 14.1 Å². The number of benzene rings is 2. The molecular formula is C28H26N4O5. The zero-order valence-electron chi connectivity index (χ0n) is 20.7. The van der Waals surface area contributed by atoms with Crippen LogP contribution in [-0.4, -0.2) is 27.0 Å². The predicted molar refractivity (Wildman–Crippen MR) is 137 cm³/mol. The smallest absolute Gasteiger partial charge is 0.314 e. The number of hydrogen-bond donors (Lipinski definition) is 2. The fourth-order valence-corrected chi connectivity index (χ4v) is 4.63. The van der Waals surface area contributed by atoms with Gasteiger partial charge in [-0.2, -0.15) is 4.98 Å². The van der Waals surface area contributed by atoms with Crippen LogP contribution in [0.15, 0.2) is 71.3 Å². The second kappa shape index (κ2) is 8.35. The number of anilines is 2. The van der Waals surface area contributed by atoms with E-state index in [1.54, 1.807) is 26.0 Å².